The normalized spacial score (nSPS) is 11.8. The van der Waals surface area contributed by atoms with Gasteiger partial charge in [0, 0.05) is 30.2 Å². The van der Waals surface area contributed by atoms with Gasteiger partial charge in [0.05, 0.1) is 23.3 Å². The summed E-state index contributed by atoms with van der Waals surface area (Å²) in [6.45, 7) is 8.01. The molecule has 0 unspecified atom stereocenters. The molecule has 32 heavy (non-hydrogen) atoms. The van der Waals surface area contributed by atoms with E-state index in [0.717, 1.165) is 6.54 Å². The zero-order chi connectivity index (χ0) is 23.3. The number of aromatic nitrogens is 2. The predicted molar refractivity (Wildman–Crippen MR) is 125 cm³/mol. The van der Waals surface area contributed by atoms with Gasteiger partial charge in [-0.3, -0.25) is 4.90 Å². The number of benzene rings is 2. The van der Waals surface area contributed by atoms with E-state index in [1.54, 1.807) is 33.1 Å². The maximum absolute atomic E-state index is 13.5. The van der Waals surface area contributed by atoms with E-state index >= 15 is 0 Å². The van der Waals surface area contributed by atoms with Gasteiger partial charge in [0.2, 0.25) is 0 Å². The fourth-order valence-electron chi connectivity index (χ4n) is 3.33. The van der Waals surface area contributed by atoms with E-state index in [9.17, 15) is 9.50 Å². The van der Waals surface area contributed by atoms with Gasteiger partial charge in [0.25, 0.3) is 0 Å². The van der Waals surface area contributed by atoms with E-state index < -0.39 is 11.4 Å². The van der Waals surface area contributed by atoms with Crippen molar-refractivity contribution in [1.82, 2.24) is 14.9 Å². The minimum atomic E-state index is -0.780. The highest BCUT2D eigenvalue weighted by molar-refractivity contribution is 6.31. The Hall–Kier alpha value is -2.68. The van der Waals surface area contributed by atoms with E-state index in [-0.39, 0.29) is 5.02 Å². The number of likely N-dealkylation sites (N-methyl/N-ethyl adjacent to an activating group) is 1. The summed E-state index contributed by atoms with van der Waals surface area (Å²) >= 11 is 5.89. The van der Waals surface area contributed by atoms with Crippen molar-refractivity contribution in [3.63, 3.8) is 0 Å². The second-order valence-corrected chi connectivity index (χ2v) is 8.43. The number of halogens is 2. The third-order valence-electron chi connectivity index (χ3n) is 4.83. The van der Waals surface area contributed by atoms with Crippen molar-refractivity contribution < 1.29 is 19.0 Å². The van der Waals surface area contributed by atoms with Gasteiger partial charge in [-0.25, -0.2) is 14.4 Å². The number of nitrogens with one attached hydrogen (secondary N) is 1. The molecule has 0 saturated heterocycles. The van der Waals surface area contributed by atoms with Crippen LogP contribution >= 0.6 is 11.6 Å². The second kappa shape index (κ2) is 10.3. The number of hydrogen-bond acceptors (Lipinski definition) is 7. The summed E-state index contributed by atoms with van der Waals surface area (Å²) in [5.74, 6) is 1.14. The molecule has 0 bridgehead atoms. The summed E-state index contributed by atoms with van der Waals surface area (Å²) in [5.41, 5.74) is 0.481. The van der Waals surface area contributed by atoms with Crippen LogP contribution in [0.2, 0.25) is 5.02 Å². The number of nitrogens with zero attached hydrogens (tertiary/aromatic N) is 3. The van der Waals surface area contributed by atoms with Gasteiger partial charge in [-0.1, -0.05) is 18.5 Å². The zero-order valence-corrected chi connectivity index (χ0v) is 19.4. The van der Waals surface area contributed by atoms with E-state index in [0.29, 0.717) is 53.6 Å². The summed E-state index contributed by atoms with van der Waals surface area (Å²) in [5, 5.41) is 14.0. The maximum atomic E-state index is 13.5. The largest absolute Gasteiger partial charge is 0.493 e. The highest BCUT2D eigenvalue weighted by atomic mass is 35.5. The molecule has 7 nitrogen and oxygen atoms in total. The molecular weight excluding hydrogens is 435 g/mol. The Morgan fingerprint density at radius 2 is 1.97 bits per heavy atom. The van der Waals surface area contributed by atoms with Gasteiger partial charge in [-0.2, -0.15) is 0 Å². The third kappa shape index (κ3) is 6.18. The Bertz CT molecular complexity index is 1080. The van der Waals surface area contributed by atoms with Crippen LogP contribution in [-0.2, 0) is 0 Å². The molecule has 0 aliphatic rings. The molecule has 1 heterocycles. The number of anilines is 2. The first kappa shape index (κ1) is 24.0. The molecule has 0 aliphatic heterocycles. The topological polar surface area (TPSA) is 79.7 Å². The molecule has 0 spiro atoms. The minimum absolute atomic E-state index is 0.0191. The summed E-state index contributed by atoms with van der Waals surface area (Å²) < 4.78 is 25.0. The lowest BCUT2D eigenvalue weighted by atomic mass is 10.1. The molecule has 0 radical (unpaired) electrons. The SMILES string of the molecule is CCN(CCOc1cc2c(Nc3ccc(F)c(Cl)c3)ncnc2cc1OC)CC(C)(C)O. The average Bonchev–Trinajstić information content (AvgIpc) is 2.74. The van der Waals surface area contributed by atoms with Crippen LogP contribution in [0.3, 0.4) is 0 Å². The number of hydrogen-bond donors (Lipinski definition) is 2. The quantitative estimate of drug-likeness (QED) is 0.454. The zero-order valence-electron chi connectivity index (χ0n) is 18.7. The van der Waals surface area contributed by atoms with Crippen molar-refractivity contribution >= 4 is 34.0 Å². The van der Waals surface area contributed by atoms with Crippen molar-refractivity contribution in [3.8, 4) is 11.5 Å². The smallest absolute Gasteiger partial charge is 0.162 e. The molecule has 0 amide bonds. The molecule has 9 heteroatoms. The van der Waals surface area contributed by atoms with Crippen LogP contribution in [-0.4, -0.2) is 58.9 Å². The van der Waals surface area contributed by atoms with Crippen LogP contribution in [0.5, 0.6) is 11.5 Å². The summed E-state index contributed by atoms with van der Waals surface area (Å²) in [6, 6.07) is 7.96. The Kier molecular flexibility index (Phi) is 7.71. The summed E-state index contributed by atoms with van der Waals surface area (Å²) in [6.07, 6.45) is 1.44. The lowest BCUT2D eigenvalue weighted by molar-refractivity contribution is 0.0339. The maximum Gasteiger partial charge on any atom is 0.162 e. The lowest BCUT2D eigenvalue weighted by Gasteiger charge is -2.27. The molecule has 0 atom stereocenters. The first-order valence-electron chi connectivity index (χ1n) is 10.3. The number of methoxy groups -OCH3 is 1. The van der Waals surface area contributed by atoms with Gasteiger partial charge in [0.15, 0.2) is 11.5 Å². The van der Waals surface area contributed by atoms with Gasteiger partial charge < -0.3 is 19.9 Å². The molecule has 0 saturated carbocycles. The highest BCUT2D eigenvalue weighted by Gasteiger charge is 2.18. The standard InChI is InChI=1S/C23H28ClFN4O3/c1-5-29(13-23(2,3)30)8-9-32-21-11-16-19(12-20(21)31-4)26-14-27-22(16)28-15-6-7-18(25)17(24)10-15/h6-7,10-12,14,30H,5,8-9,13H2,1-4H3,(H,26,27,28). The molecule has 3 rings (SSSR count). The van der Waals surface area contributed by atoms with Gasteiger partial charge in [-0.05, 0) is 44.7 Å². The highest BCUT2D eigenvalue weighted by Crippen LogP contribution is 2.35. The number of fused-ring (bicyclic) bond motifs is 1. The minimum Gasteiger partial charge on any atom is -0.493 e. The van der Waals surface area contributed by atoms with Crippen molar-refractivity contribution in [3.05, 3.63) is 47.5 Å². The summed E-state index contributed by atoms with van der Waals surface area (Å²) in [7, 11) is 1.57. The second-order valence-electron chi connectivity index (χ2n) is 8.03. The van der Waals surface area contributed by atoms with Crippen LogP contribution in [0.1, 0.15) is 20.8 Å². The fraction of sp³-hybridized carbons (Fsp3) is 0.391. The van der Waals surface area contributed by atoms with Crippen molar-refractivity contribution in [2.75, 3.05) is 38.7 Å². The molecule has 0 fully saturated rings. The fourth-order valence-corrected chi connectivity index (χ4v) is 3.51. The van der Waals surface area contributed by atoms with Crippen molar-refractivity contribution in [2.45, 2.75) is 26.4 Å². The Balaban J connectivity index is 1.83. The summed E-state index contributed by atoms with van der Waals surface area (Å²) in [4.78, 5) is 10.8. The first-order valence-corrected chi connectivity index (χ1v) is 10.7. The molecule has 0 aliphatic carbocycles. The monoisotopic (exact) mass is 462 g/mol. The molecule has 1 aromatic heterocycles. The molecule has 2 N–H and O–H groups in total. The van der Waals surface area contributed by atoms with Crippen LogP contribution in [0.15, 0.2) is 36.7 Å². The first-order chi connectivity index (χ1) is 15.2. The average molecular weight is 463 g/mol. The molecule has 2 aromatic carbocycles. The van der Waals surface area contributed by atoms with E-state index in [2.05, 4.69) is 20.2 Å². The molecule has 3 aromatic rings. The number of aliphatic hydroxyl groups is 1. The molecule has 172 valence electrons. The molecular formula is C23H28ClFN4O3. The van der Waals surface area contributed by atoms with Crippen LogP contribution < -0.4 is 14.8 Å². The number of rotatable bonds is 10. The Labute approximate surface area is 192 Å². The van der Waals surface area contributed by atoms with Crippen LogP contribution in [0.4, 0.5) is 15.9 Å². The number of ether oxygens (including phenoxy) is 2. The van der Waals surface area contributed by atoms with Gasteiger partial charge >= 0.3 is 0 Å². The van der Waals surface area contributed by atoms with Gasteiger partial charge in [-0.15, -0.1) is 0 Å². The van der Waals surface area contributed by atoms with Crippen molar-refractivity contribution in [1.29, 1.82) is 0 Å². The van der Waals surface area contributed by atoms with E-state index in [4.69, 9.17) is 21.1 Å². The third-order valence-corrected chi connectivity index (χ3v) is 5.12. The van der Waals surface area contributed by atoms with Gasteiger partial charge in [0.1, 0.15) is 24.6 Å². The Morgan fingerprint density at radius 1 is 1.19 bits per heavy atom. The predicted octanol–water partition coefficient (Wildman–Crippen LogP) is 4.65. The van der Waals surface area contributed by atoms with Crippen molar-refractivity contribution in [2.24, 2.45) is 0 Å². The van der Waals surface area contributed by atoms with Crippen LogP contribution in [0.25, 0.3) is 10.9 Å². The van der Waals surface area contributed by atoms with E-state index in [1.807, 2.05) is 13.0 Å². The Morgan fingerprint density at radius 3 is 2.62 bits per heavy atom. The van der Waals surface area contributed by atoms with Crippen LogP contribution in [0, 0.1) is 5.82 Å². The lowest BCUT2D eigenvalue weighted by Crippen LogP contribution is -2.40. The van der Waals surface area contributed by atoms with E-state index in [1.165, 1.54) is 18.5 Å².